The standard InChI is InChI=1S/C19H17F5N2O2/c1-3-26(4-2)19(28)10-6-5-7-11(8-10)25-13(27)9-12-14(20)16(22)18(24)17(23)15(12)21/h5-8H,3-4,9H2,1-2H3,(H,25,27). The van der Waals surface area contributed by atoms with Crippen molar-refractivity contribution in [2.75, 3.05) is 18.4 Å². The fourth-order valence-corrected chi connectivity index (χ4v) is 2.59. The minimum Gasteiger partial charge on any atom is -0.339 e. The fraction of sp³-hybridized carbons (Fsp3) is 0.263. The van der Waals surface area contributed by atoms with Gasteiger partial charge in [-0.25, -0.2) is 22.0 Å². The molecule has 0 spiro atoms. The highest BCUT2D eigenvalue weighted by Crippen LogP contribution is 2.24. The molecule has 0 unspecified atom stereocenters. The minimum atomic E-state index is -2.29. The second-order valence-corrected chi connectivity index (χ2v) is 5.83. The second-order valence-electron chi connectivity index (χ2n) is 5.83. The molecule has 28 heavy (non-hydrogen) atoms. The number of anilines is 1. The number of carbonyl (C=O) groups excluding carboxylic acids is 2. The number of carbonyl (C=O) groups is 2. The summed E-state index contributed by atoms with van der Waals surface area (Å²) in [7, 11) is 0. The zero-order chi connectivity index (χ0) is 21.0. The van der Waals surface area contributed by atoms with Gasteiger partial charge in [0.2, 0.25) is 11.7 Å². The highest BCUT2D eigenvalue weighted by molar-refractivity contribution is 5.97. The van der Waals surface area contributed by atoms with Crippen LogP contribution >= 0.6 is 0 Å². The molecule has 1 N–H and O–H groups in total. The average molecular weight is 400 g/mol. The van der Waals surface area contributed by atoms with Crippen LogP contribution in [-0.4, -0.2) is 29.8 Å². The maximum absolute atomic E-state index is 13.7. The summed E-state index contributed by atoms with van der Waals surface area (Å²) < 4.78 is 66.9. The lowest BCUT2D eigenvalue weighted by molar-refractivity contribution is -0.115. The van der Waals surface area contributed by atoms with Gasteiger partial charge in [0.05, 0.1) is 6.42 Å². The van der Waals surface area contributed by atoms with Gasteiger partial charge in [0.25, 0.3) is 5.91 Å². The zero-order valence-electron chi connectivity index (χ0n) is 15.1. The van der Waals surface area contributed by atoms with Crippen LogP contribution in [0.1, 0.15) is 29.8 Å². The van der Waals surface area contributed by atoms with Gasteiger partial charge < -0.3 is 10.2 Å². The lowest BCUT2D eigenvalue weighted by Gasteiger charge is -2.19. The average Bonchev–Trinajstić information content (AvgIpc) is 2.69. The summed E-state index contributed by atoms with van der Waals surface area (Å²) in [6.45, 7) is 4.56. The molecule has 0 aromatic heterocycles. The minimum absolute atomic E-state index is 0.145. The van der Waals surface area contributed by atoms with Gasteiger partial charge in [-0.3, -0.25) is 9.59 Å². The maximum Gasteiger partial charge on any atom is 0.253 e. The molecule has 150 valence electrons. The summed E-state index contributed by atoms with van der Waals surface area (Å²) in [5.74, 6) is -11.9. The van der Waals surface area contributed by atoms with Gasteiger partial charge in [0, 0.05) is 29.9 Å². The zero-order valence-corrected chi connectivity index (χ0v) is 15.1. The first-order valence-corrected chi connectivity index (χ1v) is 8.40. The molecule has 0 aliphatic carbocycles. The number of benzene rings is 2. The Morgan fingerprint density at radius 3 is 1.96 bits per heavy atom. The number of hydrogen-bond donors (Lipinski definition) is 1. The van der Waals surface area contributed by atoms with E-state index in [9.17, 15) is 31.5 Å². The van der Waals surface area contributed by atoms with Gasteiger partial charge in [-0.1, -0.05) is 6.07 Å². The second kappa shape index (κ2) is 8.81. The fourth-order valence-electron chi connectivity index (χ4n) is 2.59. The lowest BCUT2D eigenvalue weighted by Crippen LogP contribution is -2.30. The van der Waals surface area contributed by atoms with Gasteiger partial charge in [0.15, 0.2) is 23.3 Å². The molecule has 2 amide bonds. The van der Waals surface area contributed by atoms with E-state index in [-0.39, 0.29) is 17.2 Å². The largest absolute Gasteiger partial charge is 0.339 e. The SMILES string of the molecule is CCN(CC)C(=O)c1cccc(NC(=O)Cc2c(F)c(F)c(F)c(F)c2F)c1. The molecule has 4 nitrogen and oxygen atoms in total. The summed E-state index contributed by atoms with van der Waals surface area (Å²) in [5, 5.41) is 2.29. The van der Waals surface area contributed by atoms with Crippen molar-refractivity contribution in [2.24, 2.45) is 0 Å². The first-order valence-electron chi connectivity index (χ1n) is 8.40. The Balaban J connectivity index is 2.21. The first-order chi connectivity index (χ1) is 13.2. The number of rotatable bonds is 6. The van der Waals surface area contributed by atoms with Crippen molar-refractivity contribution in [1.82, 2.24) is 4.90 Å². The normalized spacial score (nSPS) is 10.7. The van der Waals surface area contributed by atoms with Crippen LogP contribution in [0.3, 0.4) is 0 Å². The molecule has 0 bridgehead atoms. The van der Waals surface area contributed by atoms with E-state index in [0.717, 1.165) is 0 Å². The Morgan fingerprint density at radius 2 is 1.43 bits per heavy atom. The summed E-state index contributed by atoms with van der Waals surface area (Å²) in [4.78, 5) is 25.9. The Morgan fingerprint density at radius 1 is 0.893 bits per heavy atom. The number of hydrogen-bond acceptors (Lipinski definition) is 2. The number of halogens is 5. The topological polar surface area (TPSA) is 49.4 Å². The van der Waals surface area contributed by atoms with Gasteiger partial charge in [-0.05, 0) is 32.0 Å². The van der Waals surface area contributed by atoms with Crippen molar-refractivity contribution in [2.45, 2.75) is 20.3 Å². The summed E-state index contributed by atoms with van der Waals surface area (Å²) in [6, 6.07) is 5.80. The smallest absolute Gasteiger partial charge is 0.253 e. The van der Waals surface area contributed by atoms with E-state index in [0.29, 0.717) is 13.1 Å². The molecule has 9 heteroatoms. The molecule has 2 aromatic rings. The third kappa shape index (κ3) is 4.29. The van der Waals surface area contributed by atoms with Crippen molar-refractivity contribution in [3.8, 4) is 0 Å². The third-order valence-electron chi connectivity index (χ3n) is 4.08. The maximum atomic E-state index is 13.7. The van der Waals surface area contributed by atoms with E-state index in [1.165, 1.54) is 24.3 Å². The number of nitrogens with one attached hydrogen (secondary N) is 1. The molecule has 0 atom stereocenters. The van der Waals surface area contributed by atoms with Crippen LogP contribution < -0.4 is 5.32 Å². The van der Waals surface area contributed by atoms with E-state index in [1.807, 2.05) is 0 Å². The van der Waals surface area contributed by atoms with Crippen molar-refractivity contribution < 1.29 is 31.5 Å². The predicted molar refractivity (Wildman–Crippen MR) is 92.3 cm³/mol. The van der Waals surface area contributed by atoms with E-state index in [4.69, 9.17) is 0 Å². The van der Waals surface area contributed by atoms with Gasteiger partial charge in [-0.15, -0.1) is 0 Å². The molecule has 0 saturated carbocycles. The summed E-state index contributed by atoms with van der Waals surface area (Å²) >= 11 is 0. The van der Waals surface area contributed by atoms with Crippen LogP contribution in [0.4, 0.5) is 27.6 Å². The summed E-state index contributed by atoms with van der Waals surface area (Å²) in [6.07, 6.45) is -1.07. The molecule has 0 aliphatic rings. The van der Waals surface area contributed by atoms with E-state index in [2.05, 4.69) is 5.32 Å². The monoisotopic (exact) mass is 400 g/mol. The van der Waals surface area contributed by atoms with E-state index >= 15 is 0 Å². The Hall–Kier alpha value is -2.97. The van der Waals surface area contributed by atoms with Crippen molar-refractivity contribution in [3.05, 3.63) is 64.5 Å². The van der Waals surface area contributed by atoms with Gasteiger partial charge in [-0.2, -0.15) is 0 Å². The first kappa shape index (κ1) is 21.3. The highest BCUT2D eigenvalue weighted by atomic mass is 19.2. The lowest BCUT2D eigenvalue weighted by atomic mass is 10.1. The van der Waals surface area contributed by atoms with Crippen LogP contribution in [0.25, 0.3) is 0 Å². The molecule has 0 heterocycles. The van der Waals surface area contributed by atoms with Crippen LogP contribution in [0.15, 0.2) is 24.3 Å². The Bertz CT molecular complexity index is 884. The molecule has 2 aromatic carbocycles. The predicted octanol–water partition coefficient (Wildman–Crippen LogP) is 4.05. The van der Waals surface area contributed by atoms with E-state index in [1.54, 1.807) is 18.7 Å². The third-order valence-corrected chi connectivity index (χ3v) is 4.08. The summed E-state index contributed by atoms with van der Waals surface area (Å²) in [5.41, 5.74) is -0.811. The van der Waals surface area contributed by atoms with Crippen LogP contribution in [0.5, 0.6) is 0 Å². The molecular formula is C19H17F5N2O2. The molecule has 0 aliphatic heterocycles. The van der Waals surface area contributed by atoms with Crippen LogP contribution in [0, 0.1) is 29.1 Å². The van der Waals surface area contributed by atoms with Crippen molar-refractivity contribution >= 4 is 17.5 Å². The highest BCUT2D eigenvalue weighted by Gasteiger charge is 2.27. The number of amides is 2. The van der Waals surface area contributed by atoms with Gasteiger partial charge in [0.1, 0.15) is 0 Å². The van der Waals surface area contributed by atoms with Crippen LogP contribution in [-0.2, 0) is 11.2 Å². The van der Waals surface area contributed by atoms with Crippen molar-refractivity contribution in [1.29, 1.82) is 0 Å². The van der Waals surface area contributed by atoms with Crippen LogP contribution in [0.2, 0.25) is 0 Å². The molecule has 2 rings (SSSR count). The number of nitrogens with zero attached hydrogens (tertiary/aromatic N) is 1. The quantitative estimate of drug-likeness (QED) is 0.452. The van der Waals surface area contributed by atoms with Crippen molar-refractivity contribution in [3.63, 3.8) is 0 Å². The Kier molecular flexibility index (Phi) is 6.71. The molecule has 0 radical (unpaired) electrons. The van der Waals surface area contributed by atoms with Gasteiger partial charge >= 0.3 is 0 Å². The van der Waals surface area contributed by atoms with E-state index < -0.39 is 47.0 Å². The molecule has 0 fully saturated rings. The molecular weight excluding hydrogens is 383 g/mol. The molecule has 0 saturated heterocycles. The Labute approximate surface area is 158 Å².